The highest BCUT2D eigenvalue weighted by Gasteiger charge is 2.20. The van der Waals surface area contributed by atoms with Crippen molar-refractivity contribution in [2.45, 2.75) is 5.75 Å². The summed E-state index contributed by atoms with van der Waals surface area (Å²) in [6, 6.07) is 5.22. The maximum atomic E-state index is 12.5. The molecule has 0 saturated heterocycles. The number of aromatic nitrogens is 2. The second kappa shape index (κ2) is 8.62. The minimum Gasteiger partial charge on any atom is -0.494 e. The summed E-state index contributed by atoms with van der Waals surface area (Å²) in [4.78, 5) is 28.7. The van der Waals surface area contributed by atoms with Crippen LogP contribution >= 0.6 is 35.0 Å². The first-order valence-electron chi connectivity index (χ1n) is 7.49. The molecule has 6 nitrogen and oxygen atoms in total. The molecule has 0 unspecified atom stereocenters. The summed E-state index contributed by atoms with van der Waals surface area (Å²) in [6.45, 7) is 3.87. The van der Waals surface area contributed by atoms with Gasteiger partial charge < -0.3 is 5.11 Å². The van der Waals surface area contributed by atoms with E-state index in [1.807, 2.05) is 6.07 Å². The van der Waals surface area contributed by atoms with Crippen LogP contribution in [0.15, 0.2) is 45.4 Å². The number of aliphatic imine (C=N–C) groups is 1. The Morgan fingerprint density at radius 1 is 1.27 bits per heavy atom. The molecule has 0 spiro atoms. The van der Waals surface area contributed by atoms with Crippen molar-refractivity contribution in [1.29, 1.82) is 0 Å². The average Bonchev–Trinajstić information content (AvgIpc) is 2.62. The highest BCUT2D eigenvalue weighted by molar-refractivity contribution is 8.13. The normalized spacial score (nSPS) is 11.6. The number of hydrogen-bond acceptors (Lipinski definition) is 5. The van der Waals surface area contributed by atoms with Crippen molar-refractivity contribution in [3.05, 3.63) is 72.9 Å². The van der Waals surface area contributed by atoms with E-state index < -0.39 is 17.1 Å². The highest BCUT2D eigenvalue weighted by atomic mass is 35.5. The van der Waals surface area contributed by atoms with E-state index in [1.165, 1.54) is 25.9 Å². The lowest BCUT2D eigenvalue weighted by molar-refractivity contribution is 0.410. The molecule has 0 radical (unpaired) electrons. The number of halogens is 2. The standard InChI is InChI=1S/C17H17Cl2N3O3S/c1-4-7-20-14(26-9-10-5-6-11(18)12(19)8-10)13-15(23)21(2)17(25)22(3)16(13)24/h4-6,8,23H,1,7,9H2,2-3H3. The summed E-state index contributed by atoms with van der Waals surface area (Å²) in [5.74, 6) is 0.0146. The summed E-state index contributed by atoms with van der Waals surface area (Å²) >= 11 is 13.2. The van der Waals surface area contributed by atoms with Crippen molar-refractivity contribution in [2.24, 2.45) is 19.1 Å². The maximum Gasteiger partial charge on any atom is 0.333 e. The van der Waals surface area contributed by atoms with E-state index in [9.17, 15) is 14.7 Å². The third-order valence-electron chi connectivity index (χ3n) is 3.57. The van der Waals surface area contributed by atoms with Gasteiger partial charge in [0.15, 0.2) is 0 Å². The third-order valence-corrected chi connectivity index (χ3v) is 5.39. The molecule has 0 bridgehead atoms. The molecule has 1 heterocycles. The molecule has 2 aromatic rings. The SMILES string of the molecule is C=CCN=C(SCc1ccc(Cl)c(Cl)c1)c1c(O)n(C)c(=O)n(C)c1=O. The van der Waals surface area contributed by atoms with Crippen molar-refractivity contribution in [1.82, 2.24) is 9.13 Å². The van der Waals surface area contributed by atoms with Crippen LogP contribution in [0.2, 0.25) is 10.0 Å². The number of benzene rings is 1. The van der Waals surface area contributed by atoms with Crippen molar-refractivity contribution in [2.75, 3.05) is 6.54 Å². The number of nitrogens with zero attached hydrogens (tertiary/aromatic N) is 3. The van der Waals surface area contributed by atoms with Crippen LogP contribution in [0.3, 0.4) is 0 Å². The molecule has 0 aliphatic carbocycles. The number of hydrogen-bond donors (Lipinski definition) is 1. The molecule has 0 atom stereocenters. The van der Waals surface area contributed by atoms with Gasteiger partial charge in [0.25, 0.3) is 5.56 Å². The first-order chi connectivity index (χ1) is 12.3. The van der Waals surface area contributed by atoms with Crippen molar-refractivity contribution >= 4 is 40.0 Å². The zero-order valence-electron chi connectivity index (χ0n) is 14.2. The van der Waals surface area contributed by atoms with E-state index in [-0.39, 0.29) is 12.1 Å². The molecule has 0 aliphatic rings. The highest BCUT2D eigenvalue weighted by Crippen LogP contribution is 2.27. The lowest BCUT2D eigenvalue weighted by Crippen LogP contribution is -2.39. The number of rotatable bonds is 5. The molecule has 2 rings (SSSR count). The Kier molecular flexibility index (Phi) is 6.75. The number of thioether (sulfide) groups is 1. The smallest absolute Gasteiger partial charge is 0.333 e. The van der Waals surface area contributed by atoms with E-state index >= 15 is 0 Å². The molecular weight excluding hydrogens is 397 g/mol. The van der Waals surface area contributed by atoms with Gasteiger partial charge in [-0.2, -0.15) is 0 Å². The third kappa shape index (κ3) is 4.23. The van der Waals surface area contributed by atoms with Crippen molar-refractivity contribution in [3.8, 4) is 5.88 Å². The van der Waals surface area contributed by atoms with E-state index in [0.29, 0.717) is 20.8 Å². The largest absolute Gasteiger partial charge is 0.494 e. The molecular formula is C17H17Cl2N3O3S. The first kappa shape index (κ1) is 20.4. The van der Waals surface area contributed by atoms with E-state index in [2.05, 4.69) is 11.6 Å². The van der Waals surface area contributed by atoms with E-state index in [0.717, 1.165) is 14.7 Å². The zero-order chi connectivity index (χ0) is 19.4. The van der Waals surface area contributed by atoms with Gasteiger partial charge in [-0.05, 0) is 17.7 Å². The Bertz CT molecular complexity index is 996. The molecule has 1 aromatic carbocycles. The monoisotopic (exact) mass is 413 g/mol. The summed E-state index contributed by atoms with van der Waals surface area (Å²) in [6.07, 6.45) is 1.57. The fourth-order valence-electron chi connectivity index (χ4n) is 2.15. The van der Waals surface area contributed by atoms with Gasteiger partial charge in [-0.25, -0.2) is 4.79 Å². The molecule has 0 saturated carbocycles. The molecule has 1 N–H and O–H groups in total. The van der Waals surface area contributed by atoms with Crippen LogP contribution in [-0.2, 0) is 19.8 Å². The van der Waals surface area contributed by atoms with Gasteiger partial charge in [0.05, 0.1) is 16.6 Å². The second-order valence-electron chi connectivity index (χ2n) is 5.38. The predicted octanol–water partition coefficient (Wildman–Crippen LogP) is 2.96. The fourth-order valence-corrected chi connectivity index (χ4v) is 3.44. The Morgan fingerprint density at radius 2 is 1.96 bits per heavy atom. The minimum atomic E-state index is -0.617. The van der Waals surface area contributed by atoms with Gasteiger partial charge in [-0.3, -0.25) is 18.9 Å². The maximum absolute atomic E-state index is 12.5. The zero-order valence-corrected chi connectivity index (χ0v) is 16.5. The predicted molar refractivity (Wildman–Crippen MR) is 108 cm³/mol. The summed E-state index contributed by atoms with van der Waals surface area (Å²) < 4.78 is 1.93. The van der Waals surface area contributed by atoms with Crippen LogP contribution in [0.1, 0.15) is 11.1 Å². The fraction of sp³-hybridized carbons (Fsp3) is 0.235. The minimum absolute atomic E-state index is 0.0264. The second-order valence-corrected chi connectivity index (χ2v) is 7.15. The van der Waals surface area contributed by atoms with Crippen molar-refractivity contribution in [3.63, 3.8) is 0 Å². The van der Waals surface area contributed by atoms with Crippen molar-refractivity contribution < 1.29 is 5.11 Å². The Balaban J connectivity index is 2.46. The molecule has 9 heteroatoms. The van der Waals surface area contributed by atoms with Crippen LogP contribution in [-0.4, -0.2) is 25.8 Å². The number of aromatic hydroxyl groups is 1. The van der Waals surface area contributed by atoms with Crippen LogP contribution < -0.4 is 11.2 Å². The summed E-state index contributed by atoms with van der Waals surface area (Å²) in [5.41, 5.74) is -0.387. The molecule has 138 valence electrons. The molecule has 0 aliphatic heterocycles. The van der Waals surface area contributed by atoms with Crippen LogP contribution in [0.4, 0.5) is 0 Å². The first-order valence-corrected chi connectivity index (χ1v) is 9.23. The van der Waals surface area contributed by atoms with Gasteiger partial charge in [-0.1, -0.05) is 35.3 Å². The molecule has 0 fully saturated rings. The molecule has 26 heavy (non-hydrogen) atoms. The quantitative estimate of drug-likeness (QED) is 0.464. The molecule has 1 aromatic heterocycles. The Labute approximate surface area is 164 Å². The van der Waals surface area contributed by atoms with Gasteiger partial charge in [-0.15, -0.1) is 18.3 Å². The van der Waals surface area contributed by atoms with Gasteiger partial charge in [0.1, 0.15) is 10.6 Å². The topological polar surface area (TPSA) is 76.6 Å². The Morgan fingerprint density at radius 3 is 2.58 bits per heavy atom. The van der Waals surface area contributed by atoms with Crippen LogP contribution in [0.5, 0.6) is 5.88 Å². The Hall–Kier alpha value is -1.96. The lowest BCUT2D eigenvalue weighted by atomic mass is 10.2. The van der Waals surface area contributed by atoms with E-state index in [4.69, 9.17) is 23.2 Å². The average molecular weight is 414 g/mol. The molecule has 0 amide bonds. The van der Waals surface area contributed by atoms with Gasteiger partial charge in [0, 0.05) is 19.8 Å². The van der Waals surface area contributed by atoms with Crippen LogP contribution in [0, 0.1) is 0 Å². The van der Waals surface area contributed by atoms with E-state index in [1.54, 1.807) is 18.2 Å². The summed E-state index contributed by atoms with van der Waals surface area (Å²) in [5, 5.41) is 11.5. The van der Waals surface area contributed by atoms with Gasteiger partial charge >= 0.3 is 5.69 Å². The lowest BCUT2D eigenvalue weighted by Gasteiger charge is -2.12. The van der Waals surface area contributed by atoms with Gasteiger partial charge in [0.2, 0.25) is 5.88 Å². The van der Waals surface area contributed by atoms with Crippen LogP contribution in [0.25, 0.3) is 0 Å². The summed E-state index contributed by atoms with van der Waals surface area (Å²) in [7, 11) is 2.73.